The first-order valence-corrected chi connectivity index (χ1v) is 5.62. The Morgan fingerprint density at radius 3 is 3.00 bits per heavy atom. The van der Waals surface area contributed by atoms with Crippen molar-refractivity contribution in [1.82, 2.24) is 5.32 Å². The summed E-state index contributed by atoms with van der Waals surface area (Å²) in [5, 5.41) is 3.50. The van der Waals surface area contributed by atoms with E-state index in [1.165, 1.54) is 25.1 Å². The molecule has 3 atom stereocenters. The van der Waals surface area contributed by atoms with Crippen LogP contribution in [0.5, 0.6) is 0 Å². The zero-order chi connectivity index (χ0) is 9.54. The molecule has 0 amide bonds. The van der Waals surface area contributed by atoms with Crippen molar-refractivity contribution in [1.29, 1.82) is 0 Å². The summed E-state index contributed by atoms with van der Waals surface area (Å²) >= 11 is 0. The summed E-state index contributed by atoms with van der Waals surface area (Å²) in [7, 11) is 0. The highest BCUT2D eigenvalue weighted by Gasteiger charge is 2.44. The Balaban J connectivity index is 1.83. The Labute approximate surface area is 85.5 Å². The number of fused-ring (bicyclic) bond motifs is 1. The highest BCUT2D eigenvalue weighted by Crippen LogP contribution is 2.48. The fraction of sp³-hybridized carbons (Fsp3) is 0.538. The lowest BCUT2D eigenvalue weighted by molar-refractivity contribution is 0.191. The SMILES string of the molecule is Cc1cccc([C@@H]2C[C@@H]3CNC[C@H]32)c1. The quantitative estimate of drug-likeness (QED) is 0.711. The largest absolute Gasteiger partial charge is 0.316 e. The first kappa shape index (κ1) is 8.49. The van der Waals surface area contributed by atoms with Crippen LogP contribution in [0.25, 0.3) is 0 Å². The summed E-state index contributed by atoms with van der Waals surface area (Å²) < 4.78 is 0. The summed E-state index contributed by atoms with van der Waals surface area (Å²) in [6.07, 6.45) is 1.40. The summed E-state index contributed by atoms with van der Waals surface area (Å²) in [6.45, 7) is 4.68. The zero-order valence-electron chi connectivity index (χ0n) is 8.66. The van der Waals surface area contributed by atoms with E-state index in [4.69, 9.17) is 0 Å². The first-order valence-electron chi connectivity index (χ1n) is 5.62. The average molecular weight is 187 g/mol. The molecule has 1 nitrogen and oxygen atoms in total. The van der Waals surface area contributed by atoms with E-state index in [1.807, 2.05) is 0 Å². The van der Waals surface area contributed by atoms with Crippen LogP contribution in [0.3, 0.4) is 0 Å². The van der Waals surface area contributed by atoms with Crippen molar-refractivity contribution in [3.8, 4) is 0 Å². The van der Waals surface area contributed by atoms with Crippen LogP contribution >= 0.6 is 0 Å². The minimum Gasteiger partial charge on any atom is -0.316 e. The van der Waals surface area contributed by atoms with Crippen LogP contribution in [-0.2, 0) is 0 Å². The Hall–Kier alpha value is -0.820. The highest BCUT2D eigenvalue weighted by molar-refractivity contribution is 5.29. The van der Waals surface area contributed by atoms with Crippen molar-refractivity contribution in [2.75, 3.05) is 13.1 Å². The van der Waals surface area contributed by atoms with Gasteiger partial charge in [0, 0.05) is 0 Å². The molecule has 14 heavy (non-hydrogen) atoms. The fourth-order valence-corrected chi connectivity index (χ4v) is 3.07. The van der Waals surface area contributed by atoms with Gasteiger partial charge in [0.2, 0.25) is 0 Å². The minimum absolute atomic E-state index is 0.842. The Morgan fingerprint density at radius 2 is 2.21 bits per heavy atom. The van der Waals surface area contributed by atoms with Crippen LogP contribution in [0.2, 0.25) is 0 Å². The van der Waals surface area contributed by atoms with Crippen LogP contribution in [0.15, 0.2) is 24.3 Å². The second-order valence-electron chi connectivity index (χ2n) is 4.84. The number of nitrogens with one attached hydrogen (secondary N) is 1. The maximum Gasteiger partial charge on any atom is -0.00114 e. The Bertz CT molecular complexity index is 345. The van der Waals surface area contributed by atoms with E-state index in [0.29, 0.717) is 0 Å². The van der Waals surface area contributed by atoms with E-state index < -0.39 is 0 Å². The summed E-state index contributed by atoms with van der Waals surface area (Å²) in [4.78, 5) is 0. The number of hydrogen-bond acceptors (Lipinski definition) is 1. The van der Waals surface area contributed by atoms with Crippen LogP contribution < -0.4 is 5.32 Å². The maximum absolute atomic E-state index is 3.50. The van der Waals surface area contributed by atoms with Crippen LogP contribution in [0.1, 0.15) is 23.5 Å². The van der Waals surface area contributed by atoms with Crippen molar-refractivity contribution >= 4 is 0 Å². The lowest BCUT2D eigenvalue weighted by atomic mass is 9.64. The summed E-state index contributed by atoms with van der Waals surface area (Å²) in [6, 6.07) is 9.04. The molecule has 1 N–H and O–H groups in total. The molecule has 74 valence electrons. The van der Waals surface area contributed by atoms with Gasteiger partial charge in [0.15, 0.2) is 0 Å². The molecule has 1 aliphatic heterocycles. The molecule has 0 unspecified atom stereocenters. The normalized spacial score (nSPS) is 35.1. The second kappa shape index (κ2) is 3.09. The van der Waals surface area contributed by atoms with Crippen LogP contribution in [0, 0.1) is 18.8 Å². The molecule has 3 rings (SSSR count). The Kier molecular flexibility index (Phi) is 1.88. The van der Waals surface area contributed by atoms with Gasteiger partial charge >= 0.3 is 0 Å². The van der Waals surface area contributed by atoms with Crippen molar-refractivity contribution in [2.45, 2.75) is 19.3 Å². The molecule has 2 fully saturated rings. The molecular formula is C13H17N. The average Bonchev–Trinajstić information content (AvgIpc) is 2.48. The van der Waals surface area contributed by atoms with Crippen molar-refractivity contribution < 1.29 is 0 Å². The third-order valence-electron chi connectivity index (χ3n) is 3.94. The third kappa shape index (κ3) is 1.19. The monoisotopic (exact) mass is 187 g/mol. The molecule has 0 spiro atoms. The predicted octanol–water partition coefficient (Wildman–Crippen LogP) is 2.32. The van der Waals surface area contributed by atoms with E-state index in [-0.39, 0.29) is 0 Å². The molecule has 1 heterocycles. The molecule has 1 saturated heterocycles. The standard InChI is InChI=1S/C13H17N/c1-9-3-2-4-10(5-9)12-6-11-7-14-8-13(11)12/h2-5,11-14H,6-8H2,1H3/t11-,12+,13-/m1/s1. The minimum atomic E-state index is 0.842. The lowest BCUT2D eigenvalue weighted by Crippen LogP contribution is -2.33. The number of hydrogen-bond donors (Lipinski definition) is 1. The number of aryl methyl sites for hydroxylation is 1. The van der Waals surface area contributed by atoms with Gasteiger partial charge in [0.25, 0.3) is 0 Å². The van der Waals surface area contributed by atoms with Crippen LogP contribution in [-0.4, -0.2) is 13.1 Å². The first-order chi connectivity index (χ1) is 6.84. The van der Waals surface area contributed by atoms with Gasteiger partial charge in [0.1, 0.15) is 0 Å². The molecular weight excluding hydrogens is 170 g/mol. The zero-order valence-corrected chi connectivity index (χ0v) is 8.66. The molecule has 1 aromatic carbocycles. The number of rotatable bonds is 1. The second-order valence-corrected chi connectivity index (χ2v) is 4.84. The van der Waals surface area contributed by atoms with E-state index in [1.54, 1.807) is 5.56 Å². The molecule has 1 saturated carbocycles. The highest BCUT2D eigenvalue weighted by atomic mass is 14.9. The summed E-state index contributed by atoms with van der Waals surface area (Å²) in [5.74, 6) is 2.74. The fourth-order valence-electron chi connectivity index (χ4n) is 3.07. The van der Waals surface area contributed by atoms with Gasteiger partial charge in [-0.15, -0.1) is 0 Å². The van der Waals surface area contributed by atoms with Gasteiger partial charge in [-0.05, 0) is 49.8 Å². The van der Waals surface area contributed by atoms with Gasteiger partial charge in [-0.1, -0.05) is 29.8 Å². The predicted molar refractivity (Wildman–Crippen MR) is 58.4 cm³/mol. The van der Waals surface area contributed by atoms with Gasteiger partial charge in [-0.2, -0.15) is 0 Å². The van der Waals surface area contributed by atoms with E-state index in [2.05, 4.69) is 36.5 Å². The van der Waals surface area contributed by atoms with Crippen molar-refractivity contribution in [3.63, 3.8) is 0 Å². The third-order valence-corrected chi connectivity index (χ3v) is 3.94. The molecule has 0 aromatic heterocycles. The topological polar surface area (TPSA) is 12.0 Å². The molecule has 1 heteroatoms. The lowest BCUT2D eigenvalue weighted by Gasteiger charge is -2.40. The molecule has 1 aromatic rings. The molecule has 0 radical (unpaired) electrons. The van der Waals surface area contributed by atoms with Gasteiger partial charge < -0.3 is 5.32 Å². The van der Waals surface area contributed by atoms with Crippen molar-refractivity contribution in [3.05, 3.63) is 35.4 Å². The summed E-state index contributed by atoms with van der Waals surface area (Å²) in [5.41, 5.74) is 2.96. The van der Waals surface area contributed by atoms with Gasteiger partial charge in [-0.25, -0.2) is 0 Å². The molecule has 0 bridgehead atoms. The molecule has 2 aliphatic rings. The van der Waals surface area contributed by atoms with E-state index >= 15 is 0 Å². The van der Waals surface area contributed by atoms with Crippen molar-refractivity contribution in [2.24, 2.45) is 11.8 Å². The molecule has 1 aliphatic carbocycles. The van der Waals surface area contributed by atoms with E-state index in [9.17, 15) is 0 Å². The Morgan fingerprint density at radius 1 is 1.29 bits per heavy atom. The van der Waals surface area contributed by atoms with Gasteiger partial charge in [0.05, 0.1) is 0 Å². The maximum atomic E-state index is 3.50. The van der Waals surface area contributed by atoms with E-state index in [0.717, 1.165) is 17.8 Å². The van der Waals surface area contributed by atoms with Crippen LogP contribution in [0.4, 0.5) is 0 Å². The smallest absolute Gasteiger partial charge is 0.00114 e. The number of benzene rings is 1. The van der Waals surface area contributed by atoms with Gasteiger partial charge in [-0.3, -0.25) is 0 Å².